The van der Waals surface area contributed by atoms with Crippen molar-refractivity contribution in [3.63, 3.8) is 0 Å². The van der Waals surface area contributed by atoms with Crippen LogP contribution in [0.2, 0.25) is 0 Å². The molecular weight excluding hydrogens is 456 g/mol. The van der Waals surface area contributed by atoms with Gasteiger partial charge in [-0.25, -0.2) is 0 Å². The Bertz CT molecular complexity index is 1150. The second kappa shape index (κ2) is 10.4. The minimum absolute atomic E-state index is 0.158. The van der Waals surface area contributed by atoms with Gasteiger partial charge in [-0.3, -0.25) is 4.98 Å². The summed E-state index contributed by atoms with van der Waals surface area (Å²) in [6.45, 7) is 7.60. The van der Waals surface area contributed by atoms with Crippen molar-refractivity contribution in [2.24, 2.45) is 5.41 Å². The summed E-state index contributed by atoms with van der Waals surface area (Å²) < 4.78 is 16.9. The standard InChI is InChI=1S/C28H36N4O4/c1-4-5-20-6-8-22(9-7-20)28(33,27(2)18-32(3)19-27)23-14-21(15-29-16-23)26-30-25(31-36-26)17-35-24-10-12-34-13-11-24/h6-9,14-16,24,33H,4-5,10-13,17-19H2,1-3H3/t28-/m0/s1. The molecule has 2 aliphatic rings. The van der Waals surface area contributed by atoms with E-state index in [1.165, 1.54) is 5.56 Å². The van der Waals surface area contributed by atoms with Gasteiger partial charge in [0.2, 0.25) is 0 Å². The summed E-state index contributed by atoms with van der Waals surface area (Å²) in [5.41, 5.74) is 1.95. The van der Waals surface area contributed by atoms with Crippen molar-refractivity contribution in [2.45, 2.75) is 57.8 Å². The SMILES string of the molecule is CCCc1ccc([C@](O)(c2cncc(-c3nc(COC4CCOCC4)no3)c2)C2(C)CN(C)C2)cc1. The largest absolute Gasteiger partial charge is 0.381 e. The normalized spacial score (nSPS) is 20.1. The summed E-state index contributed by atoms with van der Waals surface area (Å²) in [5, 5.41) is 16.5. The Morgan fingerprint density at radius 2 is 1.89 bits per heavy atom. The van der Waals surface area contributed by atoms with E-state index in [1.54, 1.807) is 12.4 Å². The number of hydrogen-bond donors (Lipinski definition) is 1. The lowest BCUT2D eigenvalue weighted by molar-refractivity contribution is -0.127. The molecule has 4 heterocycles. The first-order valence-corrected chi connectivity index (χ1v) is 12.9. The summed E-state index contributed by atoms with van der Waals surface area (Å²) in [6.07, 6.45) is 7.47. The Morgan fingerprint density at radius 1 is 1.14 bits per heavy atom. The van der Waals surface area contributed by atoms with Crippen LogP contribution in [0, 0.1) is 5.41 Å². The van der Waals surface area contributed by atoms with E-state index in [4.69, 9.17) is 14.0 Å². The second-order valence-corrected chi connectivity index (χ2v) is 10.5. The number of likely N-dealkylation sites (tertiary alicyclic amines) is 1. The van der Waals surface area contributed by atoms with Gasteiger partial charge in [0.05, 0.1) is 11.7 Å². The minimum Gasteiger partial charge on any atom is -0.381 e. The quantitative estimate of drug-likeness (QED) is 0.480. The number of benzene rings is 1. The van der Waals surface area contributed by atoms with E-state index in [1.807, 2.05) is 6.07 Å². The first-order valence-electron chi connectivity index (χ1n) is 12.9. The van der Waals surface area contributed by atoms with Crippen molar-refractivity contribution in [1.29, 1.82) is 0 Å². The zero-order valence-electron chi connectivity index (χ0n) is 21.4. The predicted octanol–water partition coefficient (Wildman–Crippen LogP) is 3.97. The van der Waals surface area contributed by atoms with Crippen LogP contribution in [-0.2, 0) is 28.1 Å². The van der Waals surface area contributed by atoms with Crippen molar-refractivity contribution in [2.75, 3.05) is 33.4 Å². The molecule has 3 aromatic rings. The van der Waals surface area contributed by atoms with E-state index in [2.05, 4.69) is 65.2 Å². The number of ether oxygens (including phenoxy) is 2. The highest BCUT2D eigenvalue weighted by Gasteiger charge is 2.55. The number of rotatable bonds is 9. The van der Waals surface area contributed by atoms with Crippen molar-refractivity contribution in [1.82, 2.24) is 20.0 Å². The number of pyridine rings is 1. The summed E-state index contributed by atoms with van der Waals surface area (Å²) in [5.74, 6) is 0.864. The monoisotopic (exact) mass is 492 g/mol. The topological polar surface area (TPSA) is 93.7 Å². The van der Waals surface area contributed by atoms with Gasteiger partial charge in [-0.05, 0) is 43.5 Å². The molecule has 0 radical (unpaired) electrons. The highest BCUT2D eigenvalue weighted by Crippen LogP contribution is 2.50. The summed E-state index contributed by atoms with van der Waals surface area (Å²) >= 11 is 0. The van der Waals surface area contributed by atoms with Gasteiger partial charge in [0.1, 0.15) is 12.2 Å². The number of aromatic nitrogens is 3. The first kappa shape index (κ1) is 25.0. The number of nitrogens with zero attached hydrogens (tertiary/aromatic N) is 4. The maximum Gasteiger partial charge on any atom is 0.259 e. The molecule has 0 saturated carbocycles. The fraction of sp³-hybridized carbons (Fsp3) is 0.536. The molecular formula is C28H36N4O4. The Labute approximate surface area is 212 Å². The van der Waals surface area contributed by atoms with E-state index in [-0.39, 0.29) is 11.5 Å². The van der Waals surface area contributed by atoms with E-state index in [9.17, 15) is 5.11 Å². The Morgan fingerprint density at radius 3 is 2.58 bits per heavy atom. The molecule has 36 heavy (non-hydrogen) atoms. The third-order valence-corrected chi connectivity index (χ3v) is 7.51. The van der Waals surface area contributed by atoms with Crippen LogP contribution in [-0.4, -0.2) is 64.6 Å². The van der Waals surface area contributed by atoms with Gasteiger partial charge in [-0.2, -0.15) is 4.98 Å². The maximum absolute atomic E-state index is 12.4. The van der Waals surface area contributed by atoms with Gasteiger partial charge in [-0.1, -0.05) is 49.7 Å². The molecule has 1 atom stereocenters. The summed E-state index contributed by atoms with van der Waals surface area (Å²) in [4.78, 5) is 11.2. The molecule has 192 valence electrons. The highest BCUT2D eigenvalue weighted by molar-refractivity contribution is 5.55. The fourth-order valence-electron chi connectivity index (χ4n) is 5.66. The summed E-state index contributed by atoms with van der Waals surface area (Å²) in [6, 6.07) is 10.3. The van der Waals surface area contributed by atoms with Gasteiger partial charge >= 0.3 is 0 Å². The molecule has 8 nitrogen and oxygen atoms in total. The molecule has 5 rings (SSSR count). The number of aryl methyl sites for hydroxylation is 1. The van der Waals surface area contributed by atoms with Crippen LogP contribution in [0.1, 0.15) is 55.6 Å². The van der Waals surface area contributed by atoms with Crippen molar-refractivity contribution in [3.8, 4) is 11.5 Å². The average molecular weight is 493 g/mol. The third kappa shape index (κ3) is 4.83. The molecule has 0 bridgehead atoms. The Balaban J connectivity index is 1.42. The Kier molecular flexibility index (Phi) is 7.21. The van der Waals surface area contributed by atoms with Crippen LogP contribution in [0.25, 0.3) is 11.5 Å². The lowest BCUT2D eigenvalue weighted by Gasteiger charge is -2.55. The minimum atomic E-state index is -1.22. The van der Waals surface area contributed by atoms with Crippen molar-refractivity contribution in [3.05, 3.63) is 65.2 Å². The second-order valence-electron chi connectivity index (χ2n) is 10.5. The van der Waals surface area contributed by atoms with E-state index < -0.39 is 5.60 Å². The predicted molar refractivity (Wildman–Crippen MR) is 135 cm³/mol. The molecule has 8 heteroatoms. The molecule has 0 unspecified atom stereocenters. The molecule has 1 N–H and O–H groups in total. The maximum atomic E-state index is 12.4. The molecule has 1 aromatic carbocycles. The zero-order valence-corrected chi connectivity index (χ0v) is 21.4. The number of aliphatic hydroxyl groups is 1. The van der Waals surface area contributed by atoms with Gasteiger partial charge < -0.3 is 24.0 Å². The molecule has 2 fully saturated rings. The van der Waals surface area contributed by atoms with Gasteiger partial charge in [-0.15, -0.1) is 0 Å². The van der Waals surface area contributed by atoms with Crippen molar-refractivity contribution >= 4 is 0 Å². The van der Waals surface area contributed by atoms with E-state index >= 15 is 0 Å². The van der Waals surface area contributed by atoms with E-state index in [0.717, 1.165) is 63.1 Å². The number of hydrogen-bond acceptors (Lipinski definition) is 8. The molecule has 2 aliphatic heterocycles. The first-order chi connectivity index (χ1) is 17.4. The average Bonchev–Trinajstić information content (AvgIpc) is 3.37. The molecule has 0 aliphatic carbocycles. The lowest BCUT2D eigenvalue weighted by atomic mass is 9.62. The summed E-state index contributed by atoms with van der Waals surface area (Å²) in [7, 11) is 2.07. The highest BCUT2D eigenvalue weighted by atomic mass is 16.5. The van der Waals surface area contributed by atoms with E-state index in [0.29, 0.717) is 23.9 Å². The van der Waals surface area contributed by atoms with Crippen LogP contribution in [0.15, 0.2) is 47.2 Å². The van der Waals surface area contributed by atoms with Crippen LogP contribution < -0.4 is 0 Å². The van der Waals surface area contributed by atoms with Crippen LogP contribution in [0.3, 0.4) is 0 Å². The van der Waals surface area contributed by atoms with Crippen LogP contribution in [0.5, 0.6) is 0 Å². The molecule has 0 spiro atoms. The van der Waals surface area contributed by atoms with Gasteiger partial charge in [0, 0.05) is 49.7 Å². The van der Waals surface area contributed by atoms with Crippen LogP contribution >= 0.6 is 0 Å². The third-order valence-electron chi connectivity index (χ3n) is 7.51. The lowest BCUT2D eigenvalue weighted by Crippen LogP contribution is -2.63. The van der Waals surface area contributed by atoms with Gasteiger partial charge in [0.25, 0.3) is 5.89 Å². The van der Waals surface area contributed by atoms with Crippen molar-refractivity contribution < 1.29 is 19.1 Å². The molecule has 2 aromatic heterocycles. The zero-order chi connectivity index (χ0) is 25.2. The fourth-order valence-corrected chi connectivity index (χ4v) is 5.66. The van der Waals surface area contributed by atoms with Gasteiger partial charge in [0.15, 0.2) is 5.82 Å². The Hall–Kier alpha value is -2.65. The smallest absolute Gasteiger partial charge is 0.259 e. The van der Waals surface area contributed by atoms with Crippen LogP contribution in [0.4, 0.5) is 0 Å². The molecule has 0 amide bonds. The molecule has 2 saturated heterocycles.